The number of amides is 1. The monoisotopic (exact) mass is 382 g/mol. The minimum Gasteiger partial charge on any atom is -0.313 e. The number of hydrogen-bond acceptors (Lipinski definition) is 8. The van der Waals surface area contributed by atoms with Gasteiger partial charge >= 0.3 is 11.5 Å². The van der Waals surface area contributed by atoms with Gasteiger partial charge in [0.25, 0.3) is 0 Å². The highest BCUT2D eigenvalue weighted by molar-refractivity contribution is 6.04. The first-order valence-electron chi connectivity index (χ1n) is 8.56. The van der Waals surface area contributed by atoms with Crippen molar-refractivity contribution in [2.75, 3.05) is 6.54 Å². The summed E-state index contributed by atoms with van der Waals surface area (Å²) in [7, 11) is 0. The predicted molar refractivity (Wildman–Crippen MR) is 97.7 cm³/mol. The minimum absolute atomic E-state index is 0.0127. The standard InChI is InChI=1S/C6H10N2O.2C5H8N2O2/c1-4(2)6-7-3-5(9)8-6;2*1-3(2)4-6-5(8)9-7-4/h4H,3H2,1-2H3,(H,7,8,9);2*3H,1-2H3,(H,6,7,8). The fourth-order valence-corrected chi connectivity index (χ4v) is 1.69. The number of hydrogen-bond donors (Lipinski definition) is 3. The Morgan fingerprint density at radius 1 is 0.778 bits per heavy atom. The van der Waals surface area contributed by atoms with Crippen molar-refractivity contribution in [2.45, 2.75) is 53.4 Å². The molecule has 0 saturated heterocycles. The zero-order chi connectivity index (χ0) is 20.6. The second-order valence-electron chi connectivity index (χ2n) is 6.67. The molecule has 0 fully saturated rings. The zero-order valence-corrected chi connectivity index (χ0v) is 16.3. The number of carbonyl (C=O) groups is 1. The summed E-state index contributed by atoms with van der Waals surface area (Å²) in [6.07, 6.45) is 0. The van der Waals surface area contributed by atoms with E-state index >= 15 is 0 Å². The largest absolute Gasteiger partial charge is 0.438 e. The smallest absolute Gasteiger partial charge is 0.313 e. The molecule has 0 aromatic carbocycles. The molecule has 150 valence electrons. The van der Waals surface area contributed by atoms with Gasteiger partial charge in [-0.3, -0.25) is 28.8 Å². The Labute approximate surface area is 155 Å². The lowest BCUT2D eigenvalue weighted by Crippen LogP contribution is -2.27. The Hall–Kier alpha value is -2.98. The fourth-order valence-electron chi connectivity index (χ4n) is 1.69. The summed E-state index contributed by atoms with van der Waals surface area (Å²) in [5, 5.41) is 9.61. The lowest BCUT2D eigenvalue weighted by atomic mass is 10.2. The summed E-state index contributed by atoms with van der Waals surface area (Å²) in [6, 6.07) is 0. The Morgan fingerprint density at radius 3 is 1.37 bits per heavy atom. The van der Waals surface area contributed by atoms with Crippen LogP contribution < -0.4 is 16.8 Å². The SMILES string of the molecule is CC(C)C1=NCC(=O)N1.CC(C)c1noc(=O)[nH]1.CC(C)c1noc(=O)[nH]1. The molecule has 3 heterocycles. The van der Waals surface area contributed by atoms with Gasteiger partial charge in [0.2, 0.25) is 5.91 Å². The summed E-state index contributed by atoms with van der Waals surface area (Å²) in [5.41, 5.74) is 0. The van der Waals surface area contributed by atoms with Crippen LogP contribution in [0.1, 0.15) is 65.0 Å². The van der Waals surface area contributed by atoms with Gasteiger partial charge < -0.3 is 5.32 Å². The molecule has 3 rings (SSSR count). The lowest BCUT2D eigenvalue weighted by Gasteiger charge is -2.01. The normalized spacial score (nSPS) is 13.1. The van der Waals surface area contributed by atoms with Crippen LogP contribution in [0.15, 0.2) is 23.6 Å². The van der Waals surface area contributed by atoms with Crippen molar-refractivity contribution >= 4 is 11.7 Å². The van der Waals surface area contributed by atoms with Crippen LogP contribution in [-0.2, 0) is 4.79 Å². The van der Waals surface area contributed by atoms with Crippen LogP contribution in [0.3, 0.4) is 0 Å². The summed E-state index contributed by atoms with van der Waals surface area (Å²) in [5.74, 6) is 1.83. The van der Waals surface area contributed by atoms with Crippen molar-refractivity contribution in [1.82, 2.24) is 25.6 Å². The van der Waals surface area contributed by atoms with E-state index in [0.717, 1.165) is 5.84 Å². The minimum atomic E-state index is -0.487. The molecule has 0 radical (unpaired) electrons. The maximum absolute atomic E-state index is 10.5. The molecule has 1 aliphatic rings. The van der Waals surface area contributed by atoms with Crippen LogP contribution in [0.2, 0.25) is 0 Å². The van der Waals surface area contributed by atoms with Gasteiger partial charge in [0.05, 0.1) is 0 Å². The average molecular weight is 382 g/mol. The van der Waals surface area contributed by atoms with Crippen LogP contribution in [-0.4, -0.2) is 38.6 Å². The summed E-state index contributed by atoms with van der Waals surface area (Å²) in [6.45, 7) is 12.0. The molecule has 0 saturated carbocycles. The number of nitrogens with one attached hydrogen (secondary N) is 3. The van der Waals surface area contributed by atoms with Crippen LogP contribution in [0.4, 0.5) is 0 Å². The fraction of sp³-hybridized carbons (Fsp3) is 0.625. The first-order valence-corrected chi connectivity index (χ1v) is 8.56. The lowest BCUT2D eigenvalue weighted by molar-refractivity contribution is -0.117. The Kier molecular flexibility index (Phi) is 8.36. The van der Waals surface area contributed by atoms with Crippen LogP contribution in [0.25, 0.3) is 0 Å². The molecule has 11 heteroatoms. The topological polar surface area (TPSA) is 159 Å². The zero-order valence-electron chi connectivity index (χ0n) is 16.3. The van der Waals surface area contributed by atoms with E-state index in [1.807, 2.05) is 41.5 Å². The second kappa shape index (κ2) is 10.2. The Bertz CT molecular complexity index is 803. The predicted octanol–water partition coefficient (Wildman–Crippen LogP) is 1.14. The van der Waals surface area contributed by atoms with Crippen molar-refractivity contribution in [2.24, 2.45) is 10.9 Å². The first kappa shape index (κ1) is 22.1. The molecule has 1 aliphatic heterocycles. The average Bonchev–Trinajstić information content (AvgIpc) is 3.30. The summed E-state index contributed by atoms with van der Waals surface area (Å²) in [4.78, 5) is 40.0. The molecular formula is C16H26N6O5. The van der Waals surface area contributed by atoms with Crippen LogP contribution in [0.5, 0.6) is 0 Å². The second-order valence-corrected chi connectivity index (χ2v) is 6.67. The molecule has 0 unspecified atom stereocenters. The Balaban J connectivity index is 0.000000202. The molecule has 3 N–H and O–H groups in total. The molecule has 0 bridgehead atoms. The quantitative estimate of drug-likeness (QED) is 0.717. The summed E-state index contributed by atoms with van der Waals surface area (Å²) < 4.78 is 8.53. The third kappa shape index (κ3) is 7.84. The van der Waals surface area contributed by atoms with Gasteiger partial charge in [-0.1, -0.05) is 51.9 Å². The van der Waals surface area contributed by atoms with Gasteiger partial charge in [-0.25, -0.2) is 9.59 Å². The van der Waals surface area contributed by atoms with E-state index in [9.17, 15) is 14.4 Å². The number of amidine groups is 1. The number of aliphatic imine (C=N–C) groups is 1. The molecule has 0 spiro atoms. The van der Waals surface area contributed by atoms with E-state index in [1.165, 1.54) is 0 Å². The number of carbonyl (C=O) groups excluding carboxylic acids is 1. The van der Waals surface area contributed by atoms with E-state index < -0.39 is 11.5 Å². The van der Waals surface area contributed by atoms with Gasteiger partial charge in [-0.15, -0.1) is 0 Å². The third-order valence-corrected chi connectivity index (χ3v) is 3.22. The molecular weight excluding hydrogens is 356 g/mol. The van der Waals surface area contributed by atoms with E-state index in [4.69, 9.17) is 0 Å². The number of nitrogens with zero attached hydrogens (tertiary/aromatic N) is 3. The molecule has 0 atom stereocenters. The molecule has 11 nitrogen and oxygen atoms in total. The van der Waals surface area contributed by atoms with Crippen LogP contribution >= 0.6 is 0 Å². The van der Waals surface area contributed by atoms with E-state index in [1.54, 1.807) is 0 Å². The maximum atomic E-state index is 10.5. The molecule has 0 aliphatic carbocycles. The van der Waals surface area contributed by atoms with Crippen molar-refractivity contribution in [3.05, 3.63) is 32.8 Å². The number of H-pyrrole nitrogens is 2. The first-order chi connectivity index (χ1) is 12.6. The highest BCUT2D eigenvalue weighted by Gasteiger charge is 2.14. The maximum Gasteiger partial charge on any atom is 0.438 e. The summed E-state index contributed by atoms with van der Waals surface area (Å²) >= 11 is 0. The van der Waals surface area contributed by atoms with Crippen molar-refractivity contribution in [3.8, 4) is 0 Å². The van der Waals surface area contributed by atoms with Crippen LogP contribution in [0, 0.1) is 5.92 Å². The Morgan fingerprint density at radius 2 is 1.22 bits per heavy atom. The molecule has 2 aromatic rings. The van der Waals surface area contributed by atoms with Crippen molar-refractivity contribution in [3.63, 3.8) is 0 Å². The molecule has 1 amide bonds. The number of aromatic amines is 2. The van der Waals surface area contributed by atoms with Gasteiger partial charge in [0, 0.05) is 17.8 Å². The highest BCUT2D eigenvalue weighted by Crippen LogP contribution is 2.04. The number of aromatic nitrogens is 4. The third-order valence-electron chi connectivity index (χ3n) is 3.22. The van der Waals surface area contributed by atoms with E-state index in [-0.39, 0.29) is 17.7 Å². The van der Waals surface area contributed by atoms with Gasteiger partial charge in [0.1, 0.15) is 12.4 Å². The van der Waals surface area contributed by atoms with Crippen molar-refractivity contribution in [1.29, 1.82) is 0 Å². The van der Waals surface area contributed by atoms with Gasteiger partial charge in [0.15, 0.2) is 11.6 Å². The van der Waals surface area contributed by atoms with Gasteiger partial charge in [-0.05, 0) is 0 Å². The van der Waals surface area contributed by atoms with E-state index in [2.05, 4.69) is 39.6 Å². The van der Waals surface area contributed by atoms with Crippen molar-refractivity contribution < 1.29 is 13.8 Å². The molecule has 27 heavy (non-hydrogen) atoms. The highest BCUT2D eigenvalue weighted by atomic mass is 16.5. The molecule has 2 aromatic heterocycles. The van der Waals surface area contributed by atoms with E-state index in [0.29, 0.717) is 24.1 Å². The van der Waals surface area contributed by atoms with Gasteiger partial charge in [-0.2, -0.15) is 0 Å². The number of rotatable bonds is 3.